The van der Waals surface area contributed by atoms with Crippen molar-refractivity contribution in [2.75, 3.05) is 26.8 Å². The van der Waals surface area contributed by atoms with Gasteiger partial charge in [-0.05, 0) is 31.4 Å². The number of unbranched alkanes of at least 4 members (excludes halogenated alkanes) is 2. The number of hydrogen-bond acceptors (Lipinski definition) is 3. The molecule has 0 saturated heterocycles. The molecule has 1 aromatic rings. The average molecular weight is 237 g/mol. The van der Waals surface area contributed by atoms with E-state index >= 15 is 0 Å². The third-order valence-corrected chi connectivity index (χ3v) is 2.72. The highest BCUT2D eigenvalue weighted by Gasteiger charge is 2.04. The zero-order valence-electron chi connectivity index (χ0n) is 10.6. The molecule has 1 unspecified atom stereocenters. The van der Waals surface area contributed by atoms with Gasteiger partial charge in [0.05, 0.1) is 6.10 Å². The van der Waals surface area contributed by atoms with Gasteiger partial charge < -0.3 is 15.2 Å². The molecule has 17 heavy (non-hydrogen) atoms. The van der Waals surface area contributed by atoms with Gasteiger partial charge in [0.2, 0.25) is 0 Å². The summed E-state index contributed by atoms with van der Waals surface area (Å²) in [6, 6.07) is 9.75. The zero-order valence-corrected chi connectivity index (χ0v) is 10.6. The summed E-state index contributed by atoms with van der Waals surface area (Å²) in [7, 11) is 1.73. The molecule has 0 spiro atoms. The van der Waals surface area contributed by atoms with Crippen LogP contribution in [-0.4, -0.2) is 31.9 Å². The molecule has 0 aliphatic heterocycles. The van der Waals surface area contributed by atoms with Crippen LogP contribution in [0.4, 0.5) is 0 Å². The average Bonchev–Trinajstić information content (AvgIpc) is 2.38. The molecule has 0 bridgehead atoms. The topological polar surface area (TPSA) is 41.5 Å². The van der Waals surface area contributed by atoms with E-state index in [1.807, 2.05) is 30.3 Å². The summed E-state index contributed by atoms with van der Waals surface area (Å²) in [4.78, 5) is 0. The first-order valence-corrected chi connectivity index (χ1v) is 6.27. The lowest BCUT2D eigenvalue weighted by atomic mass is 10.1. The van der Waals surface area contributed by atoms with Gasteiger partial charge in [0.1, 0.15) is 0 Å². The van der Waals surface area contributed by atoms with Crippen LogP contribution in [0.25, 0.3) is 0 Å². The maximum Gasteiger partial charge on any atom is 0.0914 e. The Balaban J connectivity index is 2.03. The Morgan fingerprint density at radius 2 is 1.94 bits per heavy atom. The Morgan fingerprint density at radius 1 is 1.18 bits per heavy atom. The fourth-order valence-corrected chi connectivity index (χ4v) is 1.70. The van der Waals surface area contributed by atoms with Gasteiger partial charge >= 0.3 is 0 Å². The molecule has 0 aliphatic rings. The SMILES string of the molecule is COCCCCCNCC(O)c1ccccc1. The van der Waals surface area contributed by atoms with Crippen molar-refractivity contribution in [3.8, 4) is 0 Å². The van der Waals surface area contributed by atoms with Crippen molar-refractivity contribution in [2.24, 2.45) is 0 Å². The van der Waals surface area contributed by atoms with E-state index < -0.39 is 6.10 Å². The van der Waals surface area contributed by atoms with Gasteiger partial charge in [-0.15, -0.1) is 0 Å². The van der Waals surface area contributed by atoms with Crippen LogP contribution in [0, 0.1) is 0 Å². The Morgan fingerprint density at radius 3 is 2.65 bits per heavy atom. The second-order valence-corrected chi connectivity index (χ2v) is 4.18. The molecule has 2 N–H and O–H groups in total. The first-order chi connectivity index (χ1) is 8.34. The molecule has 0 aliphatic carbocycles. The number of aliphatic hydroxyl groups excluding tert-OH is 1. The van der Waals surface area contributed by atoms with Gasteiger partial charge in [-0.3, -0.25) is 0 Å². The monoisotopic (exact) mass is 237 g/mol. The van der Waals surface area contributed by atoms with E-state index in [-0.39, 0.29) is 0 Å². The summed E-state index contributed by atoms with van der Waals surface area (Å²) >= 11 is 0. The molecular weight excluding hydrogens is 214 g/mol. The molecule has 0 fully saturated rings. The predicted molar refractivity (Wildman–Crippen MR) is 70.0 cm³/mol. The third kappa shape index (κ3) is 6.41. The van der Waals surface area contributed by atoms with E-state index in [2.05, 4.69) is 5.32 Å². The van der Waals surface area contributed by atoms with Gasteiger partial charge in [0.25, 0.3) is 0 Å². The van der Waals surface area contributed by atoms with Crippen molar-refractivity contribution < 1.29 is 9.84 Å². The molecular formula is C14H23NO2. The number of aliphatic hydroxyl groups is 1. The minimum Gasteiger partial charge on any atom is -0.387 e. The second kappa shape index (κ2) is 9.16. The molecule has 0 radical (unpaired) electrons. The van der Waals surface area contributed by atoms with E-state index in [1.54, 1.807) is 7.11 Å². The van der Waals surface area contributed by atoms with E-state index in [9.17, 15) is 5.11 Å². The summed E-state index contributed by atoms with van der Waals surface area (Å²) in [5.74, 6) is 0. The summed E-state index contributed by atoms with van der Waals surface area (Å²) in [6.45, 7) is 2.41. The molecule has 96 valence electrons. The highest BCUT2D eigenvalue weighted by molar-refractivity contribution is 5.17. The Labute approximate surface area is 104 Å². The Hall–Kier alpha value is -0.900. The van der Waals surface area contributed by atoms with Crippen LogP contribution in [0.3, 0.4) is 0 Å². The molecule has 0 heterocycles. The lowest BCUT2D eigenvalue weighted by Gasteiger charge is -2.11. The van der Waals surface area contributed by atoms with Crippen LogP contribution in [0.5, 0.6) is 0 Å². The molecule has 1 atom stereocenters. The molecule has 3 nitrogen and oxygen atoms in total. The number of methoxy groups -OCH3 is 1. The highest BCUT2D eigenvalue weighted by atomic mass is 16.5. The molecule has 1 rings (SSSR count). The molecule has 3 heteroatoms. The quantitative estimate of drug-likeness (QED) is 0.646. The van der Waals surface area contributed by atoms with Crippen molar-refractivity contribution in [1.29, 1.82) is 0 Å². The van der Waals surface area contributed by atoms with Gasteiger partial charge in [-0.2, -0.15) is 0 Å². The number of rotatable bonds is 9. The van der Waals surface area contributed by atoms with E-state index in [0.29, 0.717) is 6.54 Å². The lowest BCUT2D eigenvalue weighted by molar-refractivity contribution is 0.173. The zero-order chi connectivity index (χ0) is 12.3. The summed E-state index contributed by atoms with van der Waals surface area (Å²) < 4.78 is 4.98. The summed E-state index contributed by atoms with van der Waals surface area (Å²) in [5.41, 5.74) is 0.972. The smallest absolute Gasteiger partial charge is 0.0914 e. The lowest BCUT2D eigenvalue weighted by Crippen LogP contribution is -2.22. The summed E-state index contributed by atoms with van der Waals surface area (Å²) in [6.07, 6.45) is 3.00. The number of ether oxygens (including phenoxy) is 1. The fourth-order valence-electron chi connectivity index (χ4n) is 1.70. The van der Waals surface area contributed by atoms with Gasteiger partial charge in [0, 0.05) is 20.3 Å². The van der Waals surface area contributed by atoms with Crippen molar-refractivity contribution in [1.82, 2.24) is 5.32 Å². The number of benzene rings is 1. The molecule has 1 aromatic carbocycles. The van der Waals surface area contributed by atoms with E-state index in [4.69, 9.17) is 4.74 Å². The molecule has 0 saturated carbocycles. The van der Waals surface area contributed by atoms with Crippen LogP contribution in [0.2, 0.25) is 0 Å². The third-order valence-electron chi connectivity index (χ3n) is 2.72. The Kier molecular flexibility index (Phi) is 7.63. The normalized spacial score (nSPS) is 12.6. The van der Waals surface area contributed by atoms with Gasteiger partial charge in [0.15, 0.2) is 0 Å². The number of hydrogen-bond donors (Lipinski definition) is 2. The standard InChI is InChI=1S/C14H23NO2/c1-17-11-7-3-6-10-15-12-14(16)13-8-4-2-5-9-13/h2,4-5,8-9,14-16H,3,6-7,10-12H2,1H3. The van der Waals surface area contributed by atoms with Gasteiger partial charge in [-0.25, -0.2) is 0 Å². The number of nitrogens with one attached hydrogen (secondary N) is 1. The van der Waals surface area contributed by atoms with Crippen LogP contribution in [-0.2, 0) is 4.74 Å². The van der Waals surface area contributed by atoms with Crippen molar-refractivity contribution in [3.63, 3.8) is 0 Å². The predicted octanol–water partition coefficient (Wildman–Crippen LogP) is 2.13. The minimum atomic E-state index is -0.407. The Bertz CT molecular complexity index is 277. The van der Waals surface area contributed by atoms with Crippen molar-refractivity contribution in [3.05, 3.63) is 35.9 Å². The molecule has 0 aromatic heterocycles. The fraction of sp³-hybridized carbons (Fsp3) is 0.571. The van der Waals surface area contributed by atoms with Crippen LogP contribution < -0.4 is 5.32 Å². The highest BCUT2D eigenvalue weighted by Crippen LogP contribution is 2.10. The van der Waals surface area contributed by atoms with E-state index in [0.717, 1.165) is 31.6 Å². The largest absolute Gasteiger partial charge is 0.387 e. The van der Waals surface area contributed by atoms with Crippen molar-refractivity contribution >= 4 is 0 Å². The summed E-state index contributed by atoms with van der Waals surface area (Å²) in [5, 5.41) is 13.1. The first kappa shape index (κ1) is 14.2. The maximum atomic E-state index is 9.88. The van der Waals surface area contributed by atoms with Crippen LogP contribution in [0.15, 0.2) is 30.3 Å². The van der Waals surface area contributed by atoms with Gasteiger partial charge in [-0.1, -0.05) is 30.3 Å². The maximum absolute atomic E-state index is 9.88. The minimum absolute atomic E-state index is 0.407. The van der Waals surface area contributed by atoms with E-state index in [1.165, 1.54) is 6.42 Å². The second-order valence-electron chi connectivity index (χ2n) is 4.18. The molecule has 0 amide bonds. The van der Waals surface area contributed by atoms with Crippen LogP contribution in [0.1, 0.15) is 30.9 Å². The van der Waals surface area contributed by atoms with Crippen molar-refractivity contribution in [2.45, 2.75) is 25.4 Å². The van der Waals surface area contributed by atoms with Crippen LogP contribution >= 0.6 is 0 Å². The first-order valence-electron chi connectivity index (χ1n) is 6.27.